The molecule has 4 rings (SSSR count). The minimum absolute atomic E-state index is 0.169. The number of hydrogen-bond donors (Lipinski definition) is 1. The maximum atomic E-state index is 13.4. The van der Waals surface area contributed by atoms with E-state index in [0.717, 1.165) is 15.7 Å². The van der Waals surface area contributed by atoms with Crippen molar-refractivity contribution in [3.8, 4) is 5.75 Å². The van der Waals surface area contributed by atoms with Crippen LogP contribution in [0.25, 0.3) is 10.9 Å². The second-order valence-corrected chi connectivity index (χ2v) is 10.3. The zero-order chi connectivity index (χ0) is 25.9. The first kappa shape index (κ1) is 25.3. The Hall–Kier alpha value is -3.78. The number of ether oxygens (including phenoxy) is 1. The van der Waals surface area contributed by atoms with Gasteiger partial charge in [0, 0.05) is 21.1 Å². The number of para-hydroxylation sites is 2. The van der Waals surface area contributed by atoms with Crippen LogP contribution < -0.4 is 15.6 Å². The van der Waals surface area contributed by atoms with Crippen LogP contribution in [0.5, 0.6) is 5.75 Å². The summed E-state index contributed by atoms with van der Waals surface area (Å²) >= 11 is 3.42. The van der Waals surface area contributed by atoms with Crippen LogP contribution in [0.2, 0.25) is 0 Å². The normalized spacial score (nSPS) is 11.7. The molecule has 0 bridgehead atoms. The molecule has 184 valence electrons. The smallest absolute Gasteiger partial charge is 0.282 e. The Bertz CT molecular complexity index is 1520. The van der Waals surface area contributed by atoms with Crippen molar-refractivity contribution in [2.24, 2.45) is 5.10 Å². The Morgan fingerprint density at radius 2 is 1.83 bits per heavy atom. The zero-order valence-electron chi connectivity index (χ0n) is 20.6. The molecule has 8 heteroatoms. The fourth-order valence-electron chi connectivity index (χ4n) is 3.62. The molecule has 36 heavy (non-hydrogen) atoms. The number of benzene rings is 3. The third kappa shape index (κ3) is 5.71. The summed E-state index contributed by atoms with van der Waals surface area (Å²) in [4.78, 5) is 30.6. The molecule has 7 nitrogen and oxygen atoms in total. The number of aromatic nitrogens is 2. The predicted molar refractivity (Wildman–Crippen MR) is 147 cm³/mol. The average Bonchev–Trinajstić information content (AvgIpc) is 2.84. The number of carbonyl (C=O) groups excluding carboxylic acids is 1. The van der Waals surface area contributed by atoms with Crippen LogP contribution in [0.4, 0.5) is 5.69 Å². The second-order valence-electron chi connectivity index (χ2n) is 9.40. The van der Waals surface area contributed by atoms with Crippen molar-refractivity contribution in [3.05, 3.63) is 98.5 Å². The molecule has 0 spiro atoms. The molecule has 0 fully saturated rings. The van der Waals surface area contributed by atoms with Crippen molar-refractivity contribution in [2.45, 2.75) is 33.1 Å². The van der Waals surface area contributed by atoms with Gasteiger partial charge in [-0.3, -0.25) is 9.59 Å². The molecule has 1 heterocycles. The molecule has 3 aromatic carbocycles. The molecule has 0 radical (unpaired) electrons. The quantitative estimate of drug-likeness (QED) is 0.316. The topological polar surface area (TPSA) is 85.6 Å². The standard InChI is InChI=1S/C28H27BrN4O3/c1-18-9-5-7-11-22(18)31-25(34)17-36-24-12-8-6-10-19(24)16-30-33-26(35)21-15-20(29)13-14-23(21)32-27(33)28(2,3)4/h5-16H,17H2,1-4H3,(H,31,34). The largest absolute Gasteiger partial charge is 0.483 e. The van der Waals surface area contributed by atoms with E-state index in [9.17, 15) is 9.59 Å². The second kappa shape index (κ2) is 10.5. The van der Waals surface area contributed by atoms with E-state index in [2.05, 4.69) is 26.3 Å². The molecule has 0 saturated carbocycles. The first-order valence-electron chi connectivity index (χ1n) is 11.5. The molecule has 1 aromatic heterocycles. The van der Waals surface area contributed by atoms with Crippen molar-refractivity contribution >= 4 is 44.6 Å². The predicted octanol–water partition coefficient (Wildman–Crippen LogP) is 5.66. The summed E-state index contributed by atoms with van der Waals surface area (Å²) in [5.41, 5.74) is 2.25. The lowest BCUT2D eigenvalue weighted by molar-refractivity contribution is -0.118. The van der Waals surface area contributed by atoms with Gasteiger partial charge in [0.1, 0.15) is 11.6 Å². The van der Waals surface area contributed by atoms with E-state index in [1.165, 1.54) is 4.68 Å². The van der Waals surface area contributed by atoms with Crippen LogP contribution in [0.3, 0.4) is 0 Å². The van der Waals surface area contributed by atoms with Crippen molar-refractivity contribution in [2.75, 3.05) is 11.9 Å². The third-order valence-corrected chi connectivity index (χ3v) is 5.98. The van der Waals surface area contributed by atoms with Gasteiger partial charge in [-0.25, -0.2) is 4.98 Å². The van der Waals surface area contributed by atoms with Gasteiger partial charge >= 0.3 is 0 Å². The van der Waals surface area contributed by atoms with Crippen LogP contribution >= 0.6 is 15.9 Å². The lowest BCUT2D eigenvalue weighted by atomic mass is 9.95. The molecule has 1 amide bonds. The van der Waals surface area contributed by atoms with Crippen LogP contribution in [-0.4, -0.2) is 28.4 Å². The summed E-state index contributed by atoms with van der Waals surface area (Å²) in [5, 5.41) is 7.83. The first-order chi connectivity index (χ1) is 17.1. The molecule has 0 aliphatic heterocycles. The van der Waals surface area contributed by atoms with Crippen molar-refractivity contribution in [1.82, 2.24) is 9.66 Å². The van der Waals surface area contributed by atoms with E-state index < -0.39 is 5.41 Å². The number of fused-ring (bicyclic) bond motifs is 1. The summed E-state index contributed by atoms with van der Waals surface area (Å²) in [6, 6.07) is 20.2. The van der Waals surface area contributed by atoms with Gasteiger partial charge in [0.2, 0.25) is 0 Å². The van der Waals surface area contributed by atoms with E-state index in [1.54, 1.807) is 18.3 Å². The number of nitrogens with one attached hydrogen (secondary N) is 1. The summed E-state index contributed by atoms with van der Waals surface area (Å²) in [7, 11) is 0. The lowest BCUT2D eigenvalue weighted by Crippen LogP contribution is -2.29. The van der Waals surface area contributed by atoms with Gasteiger partial charge in [-0.2, -0.15) is 9.78 Å². The summed E-state index contributed by atoms with van der Waals surface area (Å²) in [6.07, 6.45) is 1.55. The number of hydrogen-bond acceptors (Lipinski definition) is 5. The van der Waals surface area contributed by atoms with E-state index >= 15 is 0 Å². The molecular formula is C28H27BrN4O3. The maximum absolute atomic E-state index is 13.4. The average molecular weight is 547 g/mol. The van der Waals surface area contributed by atoms with E-state index in [0.29, 0.717) is 28.0 Å². The van der Waals surface area contributed by atoms with Gasteiger partial charge in [0.05, 0.1) is 17.1 Å². The molecule has 0 unspecified atom stereocenters. The Balaban J connectivity index is 1.62. The highest BCUT2D eigenvalue weighted by Crippen LogP contribution is 2.23. The Kier molecular flexibility index (Phi) is 7.35. The van der Waals surface area contributed by atoms with Gasteiger partial charge < -0.3 is 10.1 Å². The fourth-order valence-corrected chi connectivity index (χ4v) is 3.98. The van der Waals surface area contributed by atoms with Crippen LogP contribution in [0.15, 0.2) is 81.1 Å². The van der Waals surface area contributed by atoms with E-state index in [1.807, 2.05) is 82.3 Å². The van der Waals surface area contributed by atoms with Gasteiger partial charge in [-0.1, -0.05) is 67.0 Å². The van der Waals surface area contributed by atoms with Crippen molar-refractivity contribution in [1.29, 1.82) is 0 Å². The minimum Gasteiger partial charge on any atom is -0.483 e. The Morgan fingerprint density at radius 3 is 2.58 bits per heavy atom. The minimum atomic E-state index is -0.429. The third-order valence-electron chi connectivity index (χ3n) is 5.49. The lowest BCUT2D eigenvalue weighted by Gasteiger charge is -2.21. The number of rotatable bonds is 6. The van der Waals surface area contributed by atoms with Crippen LogP contribution in [-0.2, 0) is 10.2 Å². The van der Waals surface area contributed by atoms with Crippen molar-refractivity contribution in [3.63, 3.8) is 0 Å². The summed E-state index contributed by atoms with van der Waals surface area (Å²) in [5.74, 6) is 0.740. The molecule has 1 N–H and O–H groups in total. The maximum Gasteiger partial charge on any atom is 0.282 e. The van der Waals surface area contributed by atoms with E-state index in [4.69, 9.17) is 9.72 Å². The van der Waals surface area contributed by atoms with Gasteiger partial charge in [0.15, 0.2) is 6.61 Å². The molecular weight excluding hydrogens is 520 g/mol. The number of nitrogens with zero attached hydrogens (tertiary/aromatic N) is 3. The monoisotopic (exact) mass is 546 g/mol. The first-order valence-corrected chi connectivity index (χ1v) is 12.3. The van der Waals surface area contributed by atoms with Gasteiger partial charge in [-0.05, 0) is 48.9 Å². The summed E-state index contributed by atoms with van der Waals surface area (Å²) in [6.45, 7) is 7.70. The van der Waals surface area contributed by atoms with Crippen LogP contribution in [0, 0.1) is 6.92 Å². The Labute approximate surface area is 218 Å². The molecule has 0 atom stereocenters. The number of anilines is 1. The molecule has 0 aliphatic rings. The van der Waals surface area contributed by atoms with Gasteiger partial charge in [-0.15, -0.1) is 0 Å². The zero-order valence-corrected chi connectivity index (χ0v) is 22.2. The number of aryl methyl sites for hydroxylation is 1. The number of halogens is 1. The fraction of sp³-hybridized carbons (Fsp3) is 0.214. The Morgan fingerprint density at radius 1 is 1.11 bits per heavy atom. The number of amides is 1. The van der Waals surface area contributed by atoms with Crippen LogP contribution in [0.1, 0.15) is 37.7 Å². The van der Waals surface area contributed by atoms with Crippen molar-refractivity contribution < 1.29 is 9.53 Å². The SMILES string of the molecule is Cc1ccccc1NC(=O)COc1ccccc1C=Nn1c(C(C)(C)C)nc2ccc(Br)cc2c1=O. The molecule has 4 aromatic rings. The molecule has 0 saturated heterocycles. The highest BCUT2D eigenvalue weighted by Gasteiger charge is 2.23. The van der Waals surface area contributed by atoms with Gasteiger partial charge in [0.25, 0.3) is 11.5 Å². The molecule has 0 aliphatic carbocycles. The highest BCUT2D eigenvalue weighted by atomic mass is 79.9. The van der Waals surface area contributed by atoms with E-state index in [-0.39, 0.29) is 18.1 Å². The highest BCUT2D eigenvalue weighted by molar-refractivity contribution is 9.10. The summed E-state index contributed by atoms with van der Waals surface area (Å²) < 4.78 is 7.92. The number of carbonyl (C=O) groups is 1.